The number of carbonyl (C=O) groups excluding carboxylic acids is 1. The maximum Gasteiger partial charge on any atom is 0.573 e. The highest BCUT2D eigenvalue weighted by Crippen LogP contribution is 2.33. The second-order valence-electron chi connectivity index (χ2n) is 7.76. The maximum atomic E-state index is 12.8. The van der Waals surface area contributed by atoms with Crippen molar-refractivity contribution >= 4 is 17.4 Å². The Morgan fingerprint density at radius 3 is 2.55 bits per heavy atom. The summed E-state index contributed by atoms with van der Waals surface area (Å²) in [5.41, 5.74) is 2.12. The Bertz CT molecular complexity index is 1110. The normalized spacial score (nSPS) is 16.0. The standard InChI is InChI=1S/C23H22F3N5O2/c1-2-15-7-8-31(13-15)21-20(17-10-27-14-28-11-17)9-16(12-29-21)22(32)30-18-3-5-19(6-4-18)33-23(24,25)26/h3-6,9-12,14-15H,2,7-8,13H2,1H3,(H,30,32). The first-order chi connectivity index (χ1) is 15.8. The van der Waals surface area contributed by atoms with Crippen LogP contribution in [0.25, 0.3) is 11.1 Å². The molecule has 1 aliphatic rings. The lowest BCUT2D eigenvalue weighted by Gasteiger charge is -2.21. The van der Waals surface area contributed by atoms with Crippen LogP contribution in [0, 0.1) is 5.92 Å². The molecule has 1 aromatic carbocycles. The number of pyridine rings is 1. The predicted molar refractivity (Wildman–Crippen MR) is 117 cm³/mol. The van der Waals surface area contributed by atoms with E-state index in [9.17, 15) is 18.0 Å². The number of anilines is 2. The van der Waals surface area contributed by atoms with Gasteiger partial charge in [-0.1, -0.05) is 13.3 Å². The smallest absolute Gasteiger partial charge is 0.406 e. The van der Waals surface area contributed by atoms with Crippen molar-refractivity contribution in [3.05, 3.63) is 60.8 Å². The maximum absolute atomic E-state index is 12.8. The minimum Gasteiger partial charge on any atom is -0.406 e. The van der Waals surface area contributed by atoms with Crippen LogP contribution in [0.5, 0.6) is 5.75 Å². The van der Waals surface area contributed by atoms with Crippen LogP contribution in [0.3, 0.4) is 0 Å². The van der Waals surface area contributed by atoms with Crippen LogP contribution in [-0.4, -0.2) is 40.3 Å². The Hall–Kier alpha value is -3.69. The van der Waals surface area contributed by atoms with Crippen molar-refractivity contribution in [2.45, 2.75) is 26.1 Å². The molecule has 3 aromatic rings. The first-order valence-corrected chi connectivity index (χ1v) is 10.5. The average molecular weight is 457 g/mol. The number of hydrogen-bond acceptors (Lipinski definition) is 6. The second-order valence-corrected chi connectivity index (χ2v) is 7.76. The average Bonchev–Trinajstić information content (AvgIpc) is 3.29. The summed E-state index contributed by atoms with van der Waals surface area (Å²) in [6, 6.07) is 6.67. The molecular formula is C23H22F3N5O2. The fraction of sp³-hybridized carbons (Fsp3) is 0.304. The quantitative estimate of drug-likeness (QED) is 0.566. The van der Waals surface area contributed by atoms with Gasteiger partial charge in [0, 0.05) is 48.5 Å². The molecule has 4 rings (SSSR count). The van der Waals surface area contributed by atoms with Gasteiger partial charge in [-0.3, -0.25) is 4.79 Å². The summed E-state index contributed by atoms with van der Waals surface area (Å²) in [6.45, 7) is 3.94. The van der Waals surface area contributed by atoms with Crippen molar-refractivity contribution < 1.29 is 22.7 Å². The van der Waals surface area contributed by atoms with Crippen LogP contribution < -0.4 is 15.0 Å². The summed E-state index contributed by atoms with van der Waals surface area (Å²) < 4.78 is 40.8. The Labute approximate surface area is 188 Å². The Morgan fingerprint density at radius 1 is 1.18 bits per heavy atom. The van der Waals surface area contributed by atoms with Crippen molar-refractivity contribution in [1.29, 1.82) is 0 Å². The van der Waals surface area contributed by atoms with Gasteiger partial charge in [0.15, 0.2) is 0 Å². The zero-order valence-electron chi connectivity index (χ0n) is 17.8. The van der Waals surface area contributed by atoms with Gasteiger partial charge in [0.1, 0.15) is 17.9 Å². The number of carbonyl (C=O) groups is 1. The van der Waals surface area contributed by atoms with Gasteiger partial charge >= 0.3 is 6.36 Å². The molecule has 2 aromatic heterocycles. The molecule has 7 nitrogen and oxygen atoms in total. The molecule has 0 aliphatic carbocycles. The van der Waals surface area contributed by atoms with Crippen LogP contribution >= 0.6 is 0 Å². The zero-order valence-corrected chi connectivity index (χ0v) is 17.8. The highest BCUT2D eigenvalue weighted by molar-refractivity contribution is 6.05. The first-order valence-electron chi connectivity index (χ1n) is 10.5. The summed E-state index contributed by atoms with van der Waals surface area (Å²) in [7, 11) is 0. The SMILES string of the molecule is CCC1CCN(c2ncc(C(=O)Nc3ccc(OC(F)(F)F)cc3)cc2-c2cncnc2)C1. The molecule has 0 saturated carbocycles. The number of alkyl halides is 3. The molecule has 3 heterocycles. The van der Waals surface area contributed by atoms with Crippen LogP contribution in [0.1, 0.15) is 30.1 Å². The number of hydrogen-bond donors (Lipinski definition) is 1. The third-order valence-electron chi connectivity index (χ3n) is 5.51. The zero-order chi connectivity index (χ0) is 23.4. The molecule has 33 heavy (non-hydrogen) atoms. The molecular weight excluding hydrogens is 435 g/mol. The summed E-state index contributed by atoms with van der Waals surface area (Å²) in [5.74, 6) is 0.559. The highest BCUT2D eigenvalue weighted by atomic mass is 19.4. The Kier molecular flexibility index (Phi) is 6.43. The summed E-state index contributed by atoms with van der Waals surface area (Å²) >= 11 is 0. The van der Waals surface area contributed by atoms with E-state index >= 15 is 0 Å². The molecule has 172 valence electrons. The lowest BCUT2D eigenvalue weighted by molar-refractivity contribution is -0.274. The van der Waals surface area contributed by atoms with E-state index in [0.717, 1.165) is 55.0 Å². The molecule has 1 saturated heterocycles. The Morgan fingerprint density at radius 2 is 1.91 bits per heavy atom. The molecule has 1 atom stereocenters. The van der Waals surface area contributed by atoms with E-state index in [1.807, 2.05) is 0 Å². The van der Waals surface area contributed by atoms with Gasteiger partial charge in [0.2, 0.25) is 0 Å². The monoisotopic (exact) mass is 457 g/mol. The molecule has 1 unspecified atom stereocenters. The molecule has 10 heteroatoms. The topological polar surface area (TPSA) is 80.2 Å². The van der Waals surface area contributed by atoms with E-state index in [0.29, 0.717) is 17.2 Å². The van der Waals surface area contributed by atoms with E-state index in [2.05, 4.69) is 36.8 Å². The predicted octanol–water partition coefficient (Wildman–Crippen LogP) is 4.93. The van der Waals surface area contributed by atoms with E-state index in [1.165, 1.54) is 24.7 Å². The van der Waals surface area contributed by atoms with Gasteiger partial charge in [-0.2, -0.15) is 0 Å². The number of amides is 1. The Balaban J connectivity index is 1.57. The molecule has 1 N–H and O–H groups in total. The van der Waals surface area contributed by atoms with Gasteiger partial charge in [0.05, 0.1) is 5.56 Å². The van der Waals surface area contributed by atoms with Crippen molar-refractivity contribution in [3.63, 3.8) is 0 Å². The van der Waals surface area contributed by atoms with Gasteiger partial charge in [-0.25, -0.2) is 15.0 Å². The van der Waals surface area contributed by atoms with Crippen molar-refractivity contribution in [1.82, 2.24) is 15.0 Å². The first kappa shape index (κ1) is 22.5. The van der Waals surface area contributed by atoms with Gasteiger partial charge in [-0.05, 0) is 42.7 Å². The third kappa shape index (κ3) is 5.57. The fourth-order valence-corrected chi connectivity index (χ4v) is 3.79. The lowest BCUT2D eigenvalue weighted by Crippen LogP contribution is -2.22. The number of ether oxygens (including phenoxy) is 1. The van der Waals surface area contributed by atoms with Crippen LogP contribution in [-0.2, 0) is 0 Å². The lowest BCUT2D eigenvalue weighted by atomic mass is 10.1. The number of benzene rings is 1. The molecule has 1 aliphatic heterocycles. The van der Waals surface area contributed by atoms with Crippen molar-refractivity contribution in [2.75, 3.05) is 23.3 Å². The molecule has 0 bridgehead atoms. The number of halogens is 3. The molecule has 1 fully saturated rings. The van der Waals surface area contributed by atoms with Gasteiger partial charge in [-0.15, -0.1) is 13.2 Å². The van der Waals surface area contributed by atoms with Gasteiger partial charge in [0.25, 0.3) is 5.91 Å². The highest BCUT2D eigenvalue weighted by Gasteiger charge is 2.31. The summed E-state index contributed by atoms with van der Waals surface area (Å²) in [6.07, 6.45) is 3.67. The van der Waals surface area contributed by atoms with E-state index in [4.69, 9.17) is 0 Å². The number of rotatable bonds is 6. The molecule has 0 radical (unpaired) electrons. The molecule has 1 amide bonds. The van der Waals surface area contributed by atoms with Crippen LogP contribution in [0.2, 0.25) is 0 Å². The largest absolute Gasteiger partial charge is 0.573 e. The fourth-order valence-electron chi connectivity index (χ4n) is 3.79. The van der Waals surface area contributed by atoms with Crippen LogP contribution in [0.4, 0.5) is 24.7 Å². The van der Waals surface area contributed by atoms with Crippen molar-refractivity contribution in [2.24, 2.45) is 5.92 Å². The van der Waals surface area contributed by atoms with E-state index in [1.54, 1.807) is 18.5 Å². The van der Waals surface area contributed by atoms with Crippen molar-refractivity contribution in [3.8, 4) is 16.9 Å². The minimum atomic E-state index is -4.78. The minimum absolute atomic E-state index is 0.305. The van der Waals surface area contributed by atoms with E-state index in [-0.39, 0.29) is 5.75 Å². The number of nitrogens with zero attached hydrogens (tertiary/aromatic N) is 4. The molecule has 0 spiro atoms. The number of aromatic nitrogens is 3. The van der Waals surface area contributed by atoms with Gasteiger partial charge < -0.3 is 15.0 Å². The van der Waals surface area contributed by atoms with E-state index < -0.39 is 12.3 Å². The van der Waals surface area contributed by atoms with Crippen LogP contribution in [0.15, 0.2) is 55.2 Å². The summed E-state index contributed by atoms with van der Waals surface area (Å²) in [5, 5.41) is 2.67. The second kappa shape index (κ2) is 9.43. The number of nitrogens with one attached hydrogen (secondary N) is 1. The third-order valence-corrected chi connectivity index (χ3v) is 5.51. The summed E-state index contributed by atoms with van der Waals surface area (Å²) in [4.78, 5) is 27.8.